The number of anilines is 2. The monoisotopic (exact) mass is 348 g/mol. The number of nitrogens with one attached hydrogen (secondary N) is 1. The molecule has 1 amide bonds. The first kappa shape index (κ1) is 17.9. The van der Waals surface area contributed by atoms with Crippen molar-refractivity contribution in [2.75, 3.05) is 56.6 Å². The molecule has 0 radical (unpaired) electrons. The summed E-state index contributed by atoms with van der Waals surface area (Å²) in [6, 6.07) is 2.22. The van der Waals surface area contributed by atoms with E-state index in [9.17, 15) is 4.79 Å². The summed E-state index contributed by atoms with van der Waals surface area (Å²) in [5.74, 6) is 1.59. The van der Waals surface area contributed by atoms with E-state index < -0.39 is 0 Å². The highest BCUT2D eigenvalue weighted by Gasteiger charge is 2.24. The third kappa shape index (κ3) is 4.79. The number of nitrogens with zero attached hydrogens (tertiary/aromatic N) is 4. The van der Waals surface area contributed by atoms with E-state index in [0.29, 0.717) is 25.0 Å². The molecule has 2 fully saturated rings. The van der Waals surface area contributed by atoms with E-state index in [1.165, 1.54) is 0 Å². The Kier molecular flexibility index (Phi) is 5.70. The molecule has 8 heteroatoms. The standard InChI is InChI=1S/C17H28N6O2/c1-12(2)19-16(24)10-22-4-6-23(7-5-22)15-9-14(20-17(18)21-15)13-3-8-25-11-13/h9,12-13H,3-8,10-11H2,1-2H3,(H,19,24)(H2,18,20,21). The highest BCUT2D eigenvalue weighted by molar-refractivity contribution is 5.78. The van der Waals surface area contributed by atoms with Gasteiger partial charge < -0.3 is 20.7 Å². The Morgan fingerprint density at radius 1 is 1.36 bits per heavy atom. The van der Waals surface area contributed by atoms with Crippen LogP contribution >= 0.6 is 0 Å². The first-order chi connectivity index (χ1) is 12.0. The number of piperazine rings is 1. The van der Waals surface area contributed by atoms with Crippen molar-refractivity contribution >= 4 is 17.7 Å². The lowest BCUT2D eigenvalue weighted by molar-refractivity contribution is -0.122. The largest absolute Gasteiger partial charge is 0.381 e. The van der Waals surface area contributed by atoms with Crippen LogP contribution in [0.2, 0.25) is 0 Å². The van der Waals surface area contributed by atoms with Gasteiger partial charge in [-0.05, 0) is 20.3 Å². The van der Waals surface area contributed by atoms with Gasteiger partial charge in [0.15, 0.2) is 0 Å². The summed E-state index contributed by atoms with van der Waals surface area (Å²) >= 11 is 0. The van der Waals surface area contributed by atoms with Gasteiger partial charge in [0.25, 0.3) is 0 Å². The lowest BCUT2D eigenvalue weighted by Crippen LogP contribution is -2.50. The molecular weight excluding hydrogens is 320 g/mol. The van der Waals surface area contributed by atoms with Gasteiger partial charge in [0.2, 0.25) is 11.9 Å². The summed E-state index contributed by atoms with van der Waals surface area (Å²) in [5, 5.41) is 2.94. The molecule has 0 aromatic carbocycles. The molecule has 3 heterocycles. The van der Waals surface area contributed by atoms with E-state index in [2.05, 4.69) is 25.1 Å². The van der Waals surface area contributed by atoms with Crippen molar-refractivity contribution in [1.82, 2.24) is 20.2 Å². The third-order valence-corrected chi connectivity index (χ3v) is 4.61. The first-order valence-electron chi connectivity index (χ1n) is 9.00. The zero-order valence-electron chi connectivity index (χ0n) is 15.1. The van der Waals surface area contributed by atoms with E-state index in [1.54, 1.807) is 0 Å². The van der Waals surface area contributed by atoms with Gasteiger partial charge in [-0.1, -0.05) is 0 Å². The number of rotatable bonds is 5. The Morgan fingerprint density at radius 2 is 2.12 bits per heavy atom. The smallest absolute Gasteiger partial charge is 0.234 e. The van der Waals surface area contributed by atoms with Crippen LogP contribution in [0.4, 0.5) is 11.8 Å². The van der Waals surface area contributed by atoms with Gasteiger partial charge in [0.1, 0.15) is 5.82 Å². The van der Waals surface area contributed by atoms with Crippen molar-refractivity contribution < 1.29 is 9.53 Å². The van der Waals surface area contributed by atoms with Crippen molar-refractivity contribution in [1.29, 1.82) is 0 Å². The van der Waals surface area contributed by atoms with E-state index >= 15 is 0 Å². The molecule has 0 bridgehead atoms. The second-order valence-corrected chi connectivity index (χ2v) is 7.06. The molecule has 1 aromatic heterocycles. The number of nitrogen functional groups attached to an aromatic ring is 1. The van der Waals surface area contributed by atoms with Gasteiger partial charge in [0.05, 0.1) is 18.8 Å². The number of amides is 1. The number of aromatic nitrogens is 2. The van der Waals surface area contributed by atoms with Crippen molar-refractivity contribution in [2.45, 2.75) is 32.2 Å². The van der Waals surface area contributed by atoms with Crippen LogP contribution in [0.5, 0.6) is 0 Å². The maximum Gasteiger partial charge on any atom is 0.234 e. The van der Waals surface area contributed by atoms with E-state index in [-0.39, 0.29) is 11.9 Å². The minimum absolute atomic E-state index is 0.0817. The molecule has 8 nitrogen and oxygen atoms in total. The number of hydrogen-bond donors (Lipinski definition) is 2. The third-order valence-electron chi connectivity index (χ3n) is 4.61. The Morgan fingerprint density at radius 3 is 2.76 bits per heavy atom. The lowest BCUT2D eigenvalue weighted by atomic mass is 10.0. The van der Waals surface area contributed by atoms with Crippen LogP contribution in [0, 0.1) is 0 Å². The lowest BCUT2D eigenvalue weighted by Gasteiger charge is -2.35. The maximum absolute atomic E-state index is 11.9. The normalized spacial score (nSPS) is 21.7. The number of ether oxygens (including phenoxy) is 1. The second kappa shape index (κ2) is 7.97. The zero-order chi connectivity index (χ0) is 17.8. The molecule has 2 aliphatic rings. The minimum Gasteiger partial charge on any atom is -0.381 e. The molecule has 2 aliphatic heterocycles. The second-order valence-electron chi connectivity index (χ2n) is 7.06. The number of hydrogen-bond acceptors (Lipinski definition) is 7. The fourth-order valence-corrected chi connectivity index (χ4v) is 3.32. The van der Waals surface area contributed by atoms with Crippen molar-refractivity contribution in [3.05, 3.63) is 11.8 Å². The molecule has 0 spiro atoms. The minimum atomic E-state index is 0.0817. The molecule has 0 saturated carbocycles. The molecule has 0 aliphatic carbocycles. The molecule has 1 unspecified atom stereocenters. The molecule has 138 valence electrons. The first-order valence-corrected chi connectivity index (χ1v) is 9.00. The fraction of sp³-hybridized carbons (Fsp3) is 0.706. The van der Waals surface area contributed by atoms with Crippen LogP contribution in [0.15, 0.2) is 6.07 Å². The highest BCUT2D eigenvalue weighted by Crippen LogP contribution is 2.27. The fourth-order valence-electron chi connectivity index (χ4n) is 3.32. The number of nitrogens with two attached hydrogens (primary N) is 1. The van der Waals surface area contributed by atoms with Gasteiger partial charge in [-0.3, -0.25) is 9.69 Å². The SMILES string of the molecule is CC(C)NC(=O)CN1CCN(c2cc(C3CCOC3)nc(N)n2)CC1. The molecule has 25 heavy (non-hydrogen) atoms. The predicted octanol–water partition coefficient (Wildman–Crippen LogP) is 0.209. The molecule has 2 saturated heterocycles. The van der Waals surface area contributed by atoms with Crippen LogP contribution < -0.4 is 16.0 Å². The summed E-state index contributed by atoms with van der Waals surface area (Å²) in [5.41, 5.74) is 6.89. The topological polar surface area (TPSA) is 96.6 Å². The molecule has 1 atom stereocenters. The van der Waals surface area contributed by atoms with Crippen LogP contribution in [-0.4, -0.2) is 72.8 Å². The van der Waals surface area contributed by atoms with Gasteiger partial charge in [-0.15, -0.1) is 0 Å². The molecular formula is C17H28N6O2. The average molecular weight is 348 g/mol. The summed E-state index contributed by atoms with van der Waals surface area (Å²) in [4.78, 5) is 25.1. The molecule has 3 N–H and O–H groups in total. The Hall–Kier alpha value is -1.93. The van der Waals surface area contributed by atoms with Gasteiger partial charge >= 0.3 is 0 Å². The van der Waals surface area contributed by atoms with Crippen LogP contribution in [0.1, 0.15) is 31.9 Å². The van der Waals surface area contributed by atoms with Crippen LogP contribution in [0.3, 0.4) is 0 Å². The van der Waals surface area contributed by atoms with E-state index in [1.807, 2.05) is 19.9 Å². The highest BCUT2D eigenvalue weighted by atomic mass is 16.5. The van der Waals surface area contributed by atoms with Crippen LogP contribution in [0.25, 0.3) is 0 Å². The van der Waals surface area contributed by atoms with Gasteiger partial charge in [0, 0.05) is 50.8 Å². The summed E-state index contributed by atoms with van der Waals surface area (Å²) in [6.45, 7) is 9.19. The Bertz CT molecular complexity index is 595. The van der Waals surface area contributed by atoms with Gasteiger partial charge in [-0.25, -0.2) is 4.98 Å². The van der Waals surface area contributed by atoms with Gasteiger partial charge in [-0.2, -0.15) is 4.98 Å². The zero-order valence-corrected chi connectivity index (χ0v) is 15.1. The average Bonchev–Trinajstić information content (AvgIpc) is 3.08. The molecule has 1 aromatic rings. The number of carbonyl (C=O) groups is 1. The van der Waals surface area contributed by atoms with E-state index in [0.717, 1.165) is 50.7 Å². The summed E-state index contributed by atoms with van der Waals surface area (Å²) in [6.07, 6.45) is 0.981. The van der Waals surface area contributed by atoms with Crippen molar-refractivity contribution in [3.63, 3.8) is 0 Å². The Balaban J connectivity index is 1.58. The van der Waals surface area contributed by atoms with Crippen molar-refractivity contribution in [2.24, 2.45) is 0 Å². The predicted molar refractivity (Wildman–Crippen MR) is 96.6 cm³/mol. The summed E-state index contributed by atoms with van der Waals surface area (Å²) in [7, 11) is 0. The quantitative estimate of drug-likeness (QED) is 0.785. The summed E-state index contributed by atoms with van der Waals surface area (Å²) < 4.78 is 5.46. The van der Waals surface area contributed by atoms with E-state index in [4.69, 9.17) is 10.5 Å². The Labute approximate surface area is 148 Å². The maximum atomic E-state index is 11.9. The van der Waals surface area contributed by atoms with Crippen molar-refractivity contribution in [3.8, 4) is 0 Å². The number of carbonyl (C=O) groups excluding carboxylic acids is 1. The molecule has 3 rings (SSSR count). The van der Waals surface area contributed by atoms with Crippen LogP contribution in [-0.2, 0) is 9.53 Å².